The van der Waals surface area contributed by atoms with Crippen molar-refractivity contribution in [3.63, 3.8) is 0 Å². The van der Waals surface area contributed by atoms with Gasteiger partial charge in [0, 0.05) is 35.3 Å². The van der Waals surface area contributed by atoms with Crippen molar-refractivity contribution in [3.05, 3.63) is 0 Å². The van der Waals surface area contributed by atoms with E-state index in [1.165, 1.54) is 0 Å². The van der Waals surface area contributed by atoms with Gasteiger partial charge in [-0.05, 0) is 35.9 Å². The second-order valence-electron chi connectivity index (χ2n) is 3.62. The van der Waals surface area contributed by atoms with Crippen LogP contribution in [0.15, 0.2) is 0 Å². The van der Waals surface area contributed by atoms with Gasteiger partial charge in [-0.25, -0.2) is 0 Å². The second-order valence-corrected chi connectivity index (χ2v) is 5.44. The van der Waals surface area contributed by atoms with Crippen molar-refractivity contribution in [1.29, 1.82) is 0 Å². The molecule has 0 aliphatic carbocycles. The molecule has 0 heterocycles. The van der Waals surface area contributed by atoms with Gasteiger partial charge in [0.1, 0.15) is 0 Å². The van der Waals surface area contributed by atoms with Crippen LogP contribution in [-0.4, -0.2) is 36.3 Å². The zero-order valence-corrected chi connectivity index (χ0v) is 14.0. The first kappa shape index (κ1) is 17.0. The van der Waals surface area contributed by atoms with Gasteiger partial charge in [0.25, 0.3) is 0 Å². The Kier molecular flexibility index (Phi) is 11.8. The summed E-state index contributed by atoms with van der Waals surface area (Å²) in [4.78, 5) is 11.0. The first-order valence-electron chi connectivity index (χ1n) is 5.30. The fourth-order valence-electron chi connectivity index (χ4n) is 1.18. The summed E-state index contributed by atoms with van der Waals surface area (Å²) in [7, 11) is 0. The average molecular weight is 455 g/mol. The van der Waals surface area contributed by atoms with Crippen LogP contribution in [0.3, 0.4) is 0 Å². The number of rotatable bonds is 10. The molecule has 0 amide bonds. The van der Waals surface area contributed by atoms with Crippen molar-refractivity contribution < 1.29 is 14.3 Å². The number of hydrogen-bond acceptors (Lipinski definition) is 4. The van der Waals surface area contributed by atoms with Crippen LogP contribution in [0.25, 0.3) is 0 Å². The average Bonchev–Trinajstić information content (AvgIpc) is 2.23. The Morgan fingerprint density at radius 1 is 1.31 bits per heavy atom. The Labute approximate surface area is 125 Å². The predicted octanol–water partition coefficient (Wildman–Crippen LogP) is 2.34. The summed E-state index contributed by atoms with van der Waals surface area (Å²) in [5, 5.41) is 0. The maximum Gasteiger partial charge on any atom is 0.195 e. The van der Waals surface area contributed by atoms with Crippen molar-refractivity contribution in [2.75, 3.05) is 26.4 Å². The molecule has 0 rings (SSSR count). The molecule has 0 aromatic carbocycles. The molecular weight excluding hydrogens is 436 g/mol. The Morgan fingerprint density at radius 3 is 2.56 bits per heavy atom. The molecule has 0 saturated carbocycles. The fourth-order valence-corrected chi connectivity index (χ4v) is 1.65. The van der Waals surface area contributed by atoms with Crippen LogP contribution in [0.4, 0.5) is 0 Å². The first-order chi connectivity index (χ1) is 7.57. The summed E-state index contributed by atoms with van der Waals surface area (Å²) >= 11 is 3.92. The minimum Gasteiger partial charge on any atom is -0.378 e. The zero-order valence-electron chi connectivity index (χ0n) is 9.67. The third-order valence-corrected chi connectivity index (χ3v) is 3.65. The summed E-state index contributed by atoms with van der Waals surface area (Å²) in [6.07, 6.45) is 0.886. The van der Waals surface area contributed by atoms with Crippen molar-refractivity contribution in [1.82, 2.24) is 3.53 Å². The molecule has 6 heteroatoms. The maximum atomic E-state index is 11.0. The lowest BCUT2D eigenvalue weighted by molar-refractivity contribution is -0.113. The number of nitrogens with one attached hydrogen (secondary N) is 1. The van der Waals surface area contributed by atoms with Crippen molar-refractivity contribution >= 4 is 49.2 Å². The largest absolute Gasteiger partial charge is 0.378 e. The summed E-state index contributed by atoms with van der Waals surface area (Å²) in [5.41, 5.74) is 0. The molecule has 0 aliphatic rings. The van der Waals surface area contributed by atoms with Gasteiger partial charge in [-0.3, -0.25) is 8.32 Å². The van der Waals surface area contributed by atoms with Gasteiger partial charge in [0.2, 0.25) is 0 Å². The summed E-state index contributed by atoms with van der Waals surface area (Å²) < 4.78 is 14.0. The molecule has 0 fully saturated rings. The van der Waals surface area contributed by atoms with Gasteiger partial charge in [-0.15, -0.1) is 0 Å². The lowest BCUT2D eigenvalue weighted by Gasteiger charge is -2.15. The van der Waals surface area contributed by atoms with Gasteiger partial charge >= 0.3 is 0 Å². The van der Waals surface area contributed by atoms with E-state index in [2.05, 4.69) is 26.4 Å². The summed E-state index contributed by atoms with van der Waals surface area (Å²) in [6, 6.07) is 0. The molecule has 2 unspecified atom stereocenters. The quantitative estimate of drug-likeness (QED) is 0.238. The Balaban J connectivity index is 3.36. The van der Waals surface area contributed by atoms with Crippen LogP contribution >= 0.6 is 45.5 Å². The number of hydrogen-bond donors (Lipinski definition) is 1. The molecular formula is C10H19I2NO3. The zero-order chi connectivity index (χ0) is 12.4. The Morgan fingerprint density at radius 2 is 2.00 bits per heavy atom. The molecule has 0 aromatic rings. The van der Waals surface area contributed by atoms with Gasteiger partial charge in [0.05, 0.1) is 25.9 Å². The number of carbonyl (C=O) groups excluding carboxylic acids is 1. The highest BCUT2D eigenvalue weighted by molar-refractivity contribution is 14.1. The minimum absolute atomic E-state index is 0.0692. The molecule has 0 aromatic heterocycles. The fraction of sp³-hybridized carbons (Fsp3) is 0.900. The predicted molar refractivity (Wildman–Crippen MR) is 81.1 cm³/mol. The van der Waals surface area contributed by atoms with E-state index in [4.69, 9.17) is 9.47 Å². The highest BCUT2D eigenvalue weighted by atomic mass is 127. The monoisotopic (exact) mass is 455 g/mol. The number of halogens is 2. The van der Waals surface area contributed by atoms with Crippen LogP contribution in [0.5, 0.6) is 0 Å². The topological polar surface area (TPSA) is 47.6 Å². The molecule has 2 atom stereocenters. The third kappa shape index (κ3) is 10.2. The van der Waals surface area contributed by atoms with Gasteiger partial charge in [-0.1, -0.05) is 6.92 Å². The van der Waals surface area contributed by atoms with E-state index >= 15 is 0 Å². The van der Waals surface area contributed by atoms with E-state index in [9.17, 15) is 4.79 Å². The lowest BCUT2D eigenvalue weighted by atomic mass is 10.1. The molecule has 0 bridgehead atoms. The molecule has 0 aliphatic heterocycles. The summed E-state index contributed by atoms with van der Waals surface area (Å²) in [5.74, 6) is 0.0692. The van der Waals surface area contributed by atoms with E-state index in [-0.39, 0.29) is 15.8 Å². The molecule has 0 radical (unpaired) electrons. The van der Waals surface area contributed by atoms with Crippen molar-refractivity contribution in [2.24, 2.45) is 5.92 Å². The molecule has 1 N–H and O–H groups in total. The highest BCUT2D eigenvalue weighted by Gasteiger charge is 2.13. The van der Waals surface area contributed by atoms with Gasteiger partial charge in [-0.2, -0.15) is 0 Å². The van der Waals surface area contributed by atoms with Crippen LogP contribution < -0.4 is 3.53 Å². The SMILES string of the molecule is CC(CC(C)C(=O)I)OCCOCCNI. The third-order valence-electron chi connectivity index (χ3n) is 2.04. The lowest BCUT2D eigenvalue weighted by Crippen LogP contribution is -2.19. The van der Waals surface area contributed by atoms with E-state index in [0.717, 1.165) is 13.0 Å². The first-order valence-corrected chi connectivity index (χ1v) is 7.45. The van der Waals surface area contributed by atoms with E-state index in [1.54, 1.807) is 0 Å². The van der Waals surface area contributed by atoms with Gasteiger partial charge in [0.15, 0.2) is 3.79 Å². The van der Waals surface area contributed by atoms with Crippen LogP contribution in [0.2, 0.25) is 0 Å². The molecule has 0 saturated heterocycles. The van der Waals surface area contributed by atoms with Crippen LogP contribution in [0.1, 0.15) is 20.3 Å². The van der Waals surface area contributed by atoms with Crippen LogP contribution in [0, 0.1) is 5.92 Å². The number of ether oxygens (including phenoxy) is 2. The Hall–Kier alpha value is 1.01. The summed E-state index contributed by atoms with van der Waals surface area (Å²) in [6.45, 7) is 6.65. The molecule has 16 heavy (non-hydrogen) atoms. The van der Waals surface area contributed by atoms with Gasteiger partial charge < -0.3 is 9.47 Å². The van der Waals surface area contributed by atoms with Crippen molar-refractivity contribution in [2.45, 2.75) is 26.4 Å². The van der Waals surface area contributed by atoms with Crippen molar-refractivity contribution in [3.8, 4) is 0 Å². The van der Waals surface area contributed by atoms with Crippen LogP contribution in [-0.2, 0) is 14.3 Å². The molecule has 96 valence electrons. The number of carbonyl (C=O) groups is 1. The highest BCUT2D eigenvalue weighted by Crippen LogP contribution is 2.12. The maximum absolute atomic E-state index is 11.0. The smallest absolute Gasteiger partial charge is 0.195 e. The molecule has 0 spiro atoms. The van der Waals surface area contributed by atoms with E-state index in [0.29, 0.717) is 19.8 Å². The second kappa shape index (κ2) is 11.1. The molecule has 4 nitrogen and oxygen atoms in total. The Bertz CT molecular complexity index is 193. The minimum atomic E-state index is 0.0692. The van der Waals surface area contributed by atoms with E-state index < -0.39 is 0 Å². The standard InChI is InChI=1S/C10H19I2NO3/c1-8(10(11)14)7-9(2)16-6-5-15-4-3-13-12/h8-9,13H,3-7H2,1-2H3. The van der Waals surface area contributed by atoms with E-state index in [1.807, 2.05) is 36.4 Å². The normalized spacial score (nSPS) is 14.8.